The molecule has 1 unspecified atom stereocenters. The minimum absolute atomic E-state index is 0.331. The van der Waals surface area contributed by atoms with E-state index < -0.39 is 0 Å². The van der Waals surface area contributed by atoms with Crippen LogP contribution in [0.3, 0.4) is 0 Å². The van der Waals surface area contributed by atoms with E-state index in [1.807, 2.05) is 24.3 Å². The molecule has 0 bridgehead atoms. The Hall–Kier alpha value is -1.04. The predicted octanol–water partition coefficient (Wildman–Crippen LogP) is 4.94. The van der Waals surface area contributed by atoms with Crippen LogP contribution in [0.1, 0.15) is 26.2 Å². The Kier molecular flexibility index (Phi) is 5.62. The second-order valence-electron chi connectivity index (χ2n) is 5.58. The molecule has 0 amide bonds. The van der Waals surface area contributed by atoms with Gasteiger partial charge in [0.15, 0.2) is 10.3 Å². The van der Waals surface area contributed by atoms with Crippen molar-refractivity contribution in [3.8, 4) is 0 Å². The molecule has 1 N–H and O–H groups in total. The summed E-state index contributed by atoms with van der Waals surface area (Å²) in [5.41, 5.74) is 2.37. The molecule has 1 fully saturated rings. The van der Waals surface area contributed by atoms with Crippen molar-refractivity contribution in [1.29, 1.82) is 0 Å². The molecule has 122 valence electrons. The molecule has 1 atom stereocenters. The minimum atomic E-state index is 0.331. The second-order valence-corrected chi connectivity index (χ2v) is 7.46. The van der Waals surface area contributed by atoms with Gasteiger partial charge in [0.2, 0.25) is 0 Å². The number of nitrogens with one attached hydrogen (secondary N) is 1. The number of halogens is 1. The molecule has 1 saturated heterocycles. The first-order valence-corrected chi connectivity index (χ1v) is 9.68. The Labute approximate surface area is 152 Å². The first-order chi connectivity index (χ1) is 11.2. The molecule has 0 spiro atoms. The molecule has 0 saturated carbocycles. The lowest BCUT2D eigenvalue weighted by atomic mass is 10.1. The van der Waals surface area contributed by atoms with E-state index in [2.05, 4.69) is 23.2 Å². The van der Waals surface area contributed by atoms with Crippen molar-refractivity contribution in [1.82, 2.24) is 4.90 Å². The predicted molar refractivity (Wildman–Crippen MR) is 106 cm³/mol. The van der Waals surface area contributed by atoms with Gasteiger partial charge in [0.25, 0.3) is 0 Å². The lowest BCUT2D eigenvalue weighted by Gasteiger charge is -2.21. The van der Waals surface area contributed by atoms with Crippen LogP contribution in [0.2, 0.25) is 5.02 Å². The van der Waals surface area contributed by atoms with Gasteiger partial charge in [-0.3, -0.25) is 9.89 Å². The average molecular weight is 366 g/mol. The standard InChI is InChI=1S/C17H20ClN3S2/c1-2-12-5-3-8-15(12)20-17-21(9-10-23-17)16(22)19-14-7-4-6-13(18)11-14/h4-7,11,15H,2-3,8-10H2,1H3,(H,19,22). The molecule has 1 aromatic carbocycles. The summed E-state index contributed by atoms with van der Waals surface area (Å²) < 4.78 is 0. The third-order valence-electron chi connectivity index (χ3n) is 4.05. The molecule has 6 heteroatoms. The molecule has 0 radical (unpaired) electrons. The molecule has 1 aromatic rings. The third-order valence-corrected chi connectivity index (χ3v) is 5.58. The molecule has 1 heterocycles. The highest BCUT2D eigenvalue weighted by Crippen LogP contribution is 2.28. The van der Waals surface area contributed by atoms with Gasteiger partial charge in [-0.05, 0) is 49.7 Å². The Morgan fingerprint density at radius 1 is 1.52 bits per heavy atom. The highest BCUT2D eigenvalue weighted by atomic mass is 35.5. The fourth-order valence-corrected chi connectivity index (χ4v) is 4.40. The molecule has 3 rings (SSSR count). The lowest BCUT2D eigenvalue weighted by Crippen LogP contribution is -2.36. The maximum atomic E-state index is 6.03. The number of aliphatic imine (C=N–C) groups is 1. The summed E-state index contributed by atoms with van der Waals surface area (Å²) in [5, 5.41) is 5.70. The normalized spacial score (nSPS) is 22.5. The Bertz CT molecular complexity index is 657. The van der Waals surface area contributed by atoms with Crippen LogP contribution in [0.4, 0.5) is 5.69 Å². The fourth-order valence-electron chi connectivity index (χ4n) is 2.86. The molecule has 1 aliphatic heterocycles. The van der Waals surface area contributed by atoms with E-state index in [4.69, 9.17) is 28.8 Å². The van der Waals surface area contributed by atoms with Gasteiger partial charge in [-0.2, -0.15) is 0 Å². The van der Waals surface area contributed by atoms with Crippen LogP contribution in [0, 0.1) is 0 Å². The van der Waals surface area contributed by atoms with E-state index in [1.54, 1.807) is 11.8 Å². The zero-order chi connectivity index (χ0) is 16.2. The molecule has 2 aliphatic rings. The number of hydrogen-bond acceptors (Lipinski definition) is 3. The molecule has 0 aromatic heterocycles. The van der Waals surface area contributed by atoms with Gasteiger partial charge in [0.1, 0.15) is 0 Å². The highest BCUT2D eigenvalue weighted by molar-refractivity contribution is 8.14. The van der Waals surface area contributed by atoms with E-state index in [-0.39, 0.29) is 0 Å². The number of benzene rings is 1. The minimum Gasteiger partial charge on any atom is -0.332 e. The van der Waals surface area contributed by atoms with Crippen molar-refractivity contribution in [2.24, 2.45) is 4.99 Å². The second kappa shape index (κ2) is 7.69. The number of allylic oxidation sites excluding steroid dienone is 1. The van der Waals surface area contributed by atoms with E-state index in [0.717, 1.165) is 42.4 Å². The molecular weight excluding hydrogens is 346 g/mol. The number of rotatable bonds is 3. The van der Waals surface area contributed by atoms with Crippen molar-refractivity contribution >= 4 is 51.5 Å². The van der Waals surface area contributed by atoms with Crippen LogP contribution in [0.25, 0.3) is 0 Å². The van der Waals surface area contributed by atoms with E-state index >= 15 is 0 Å². The van der Waals surface area contributed by atoms with Crippen LogP contribution in [-0.2, 0) is 0 Å². The average Bonchev–Trinajstić information content (AvgIpc) is 3.16. The van der Waals surface area contributed by atoms with Crippen molar-refractivity contribution in [2.75, 3.05) is 17.6 Å². The maximum Gasteiger partial charge on any atom is 0.179 e. The topological polar surface area (TPSA) is 27.6 Å². The maximum absolute atomic E-state index is 6.03. The number of anilines is 1. The van der Waals surface area contributed by atoms with Crippen LogP contribution in [0.5, 0.6) is 0 Å². The van der Waals surface area contributed by atoms with Gasteiger partial charge in [-0.1, -0.05) is 48.0 Å². The Balaban J connectivity index is 1.71. The van der Waals surface area contributed by atoms with E-state index in [9.17, 15) is 0 Å². The Morgan fingerprint density at radius 2 is 2.39 bits per heavy atom. The monoisotopic (exact) mass is 365 g/mol. The summed E-state index contributed by atoms with van der Waals surface area (Å²) in [7, 11) is 0. The molecule has 23 heavy (non-hydrogen) atoms. The van der Waals surface area contributed by atoms with Gasteiger partial charge in [-0.25, -0.2) is 0 Å². The van der Waals surface area contributed by atoms with Crippen molar-refractivity contribution in [3.63, 3.8) is 0 Å². The zero-order valence-electron chi connectivity index (χ0n) is 13.1. The van der Waals surface area contributed by atoms with Crippen molar-refractivity contribution < 1.29 is 0 Å². The summed E-state index contributed by atoms with van der Waals surface area (Å²) in [6, 6.07) is 7.94. The third kappa shape index (κ3) is 4.08. The number of hydrogen-bond donors (Lipinski definition) is 1. The lowest BCUT2D eigenvalue weighted by molar-refractivity contribution is 0.662. The first kappa shape index (κ1) is 16.8. The van der Waals surface area contributed by atoms with Gasteiger partial charge >= 0.3 is 0 Å². The number of thioether (sulfide) groups is 1. The van der Waals surface area contributed by atoms with Gasteiger partial charge in [0, 0.05) is 23.0 Å². The largest absolute Gasteiger partial charge is 0.332 e. The number of amidine groups is 1. The van der Waals surface area contributed by atoms with Crippen LogP contribution in [0.15, 0.2) is 40.9 Å². The molecular formula is C17H20ClN3S2. The van der Waals surface area contributed by atoms with E-state index in [0.29, 0.717) is 16.2 Å². The fraction of sp³-hybridized carbons (Fsp3) is 0.412. The number of thiocarbonyl (C=S) groups is 1. The highest BCUT2D eigenvalue weighted by Gasteiger charge is 2.26. The smallest absolute Gasteiger partial charge is 0.179 e. The van der Waals surface area contributed by atoms with Crippen molar-refractivity contribution in [3.05, 3.63) is 40.9 Å². The molecule has 3 nitrogen and oxygen atoms in total. The first-order valence-electron chi connectivity index (χ1n) is 7.91. The van der Waals surface area contributed by atoms with Crippen LogP contribution < -0.4 is 5.32 Å². The summed E-state index contributed by atoms with van der Waals surface area (Å²) in [5.74, 6) is 1.02. The van der Waals surface area contributed by atoms with Crippen molar-refractivity contribution in [2.45, 2.75) is 32.2 Å². The zero-order valence-corrected chi connectivity index (χ0v) is 15.5. The summed E-state index contributed by atoms with van der Waals surface area (Å²) in [6.07, 6.45) is 5.68. The summed E-state index contributed by atoms with van der Waals surface area (Å²) in [4.78, 5) is 7.08. The quantitative estimate of drug-likeness (QED) is 0.606. The molecule has 1 aliphatic carbocycles. The van der Waals surface area contributed by atoms with Gasteiger partial charge in [-0.15, -0.1) is 0 Å². The SMILES string of the molecule is CCC1=CCCC1N=C1SCCN1C(=S)Nc1cccc(Cl)c1. The summed E-state index contributed by atoms with van der Waals surface area (Å²) in [6.45, 7) is 3.10. The summed E-state index contributed by atoms with van der Waals surface area (Å²) >= 11 is 13.4. The van der Waals surface area contributed by atoms with E-state index in [1.165, 1.54) is 5.57 Å². The number of nitrogens with zero attached hydrogens (tertiary/aromatic N) is 2. The Morgan fingerprint density at radius 3 is 3.17 bits per heavy atom. The van der Waals surface area contributed by atoms with Crippen LogP contribution in [-0.4, -0.2) is 33.5 Å². The van der Waals surface area contributed by atoms with Gasteiger partial charge in [0.05, 0.1) is 6.04 Å². The van der Waals surface area contributed by atoms with Crippen LogP contribution >= 0.6 is 35.6 Å². The van der Waals surface area contributed by atoms with Gasteiger partial charge < -0.3 is 5.32 Å².